The van der Waals surface area contributed by atoms with Crippen LogP contribution in [0.4, 0.5) is 5.69 Å². The lowest BCUT2D eigenvalue weighted by Gasteiger charge is -2.38. The molecule has 256 valence electrons. The van der Waals surface area contributed by atoms with Crippen molar-refractivity contribution in [3.8, 4) is 0 Å². The quantitative estimate of drug-likeness (QED) is 0.359. The first kappa shape index (κ1) is 33.3. The fraction of sp³-hybridized carbons (Fsp3) is 0.553. The van der Waals surface area contributed by atoms with Crippen molar-refractivity contribution < 1.29 is 19.1 Å². The van der Waals surface area contributed by atoms with Gasteiger partial charge in [-0.1, -0.05) is 86.8 Å². The molecule has 10 heteroatoms. The highest BCUT2D eigenvalue weighted by molar-refractivity contribution is 6.30. The average Bonchev–Trinajstić information content (AvgIpc) is 3.72. The minimum Gasteiger partial charge on any atom is -0.359 e. The Hall–Kier alpha value is -3.24. The molecule has 7 rings (SSSR count). The number of likely N-dealkylation sites (tertiary alicyclic amines) is 1. The number of benzene rings is 2. The molecule has 4 heterocycles. The van der Waals surface area contributed by atoms with Crippen molar-refractivity contribution in [1.82, 2.24) is 20.0 Å². The number of halogens is 1. The number of rotatable bonds is 10. The molecule has 5 aliphatic rings. The Morgan fingerprint density at radius 1 is 0.958 bits per heavy atom. The largest absolute Gasteiger partial charge is 0.359 e. The first-order valence-corrected chi connectivity index (χ1v) is 18.1. The molecule has 1 saturated carbocycles. The molecule has 2 bridgehead atoms. The molecule has 4 fully saturated rings. The van der Waals surface area contributed by atoms with Gasteiger partial charge in [0, 0.05) is 56.0 Å². The van der Waals surface area contributed by atoms with Gasteiger partial charge in [0.1, 0.15) is 11.6 Å². The molecular weight excluding hydrogens is 626 g/mol. The Labute approximate surface area is 289 Å². The van der Waals surface area contributed by atoms with Gasteiger partial charge < -0.3 is 25.2 Å². The second-order valence-electron chi connectivity index (χ2n) is 14.6. The molecule has 4 aliphatic heterocycles. The van der Waals surface area contributed by atoms with Crippen LogP contribution in [0.25, 0.3) is 0 Å². The predicted molar refractivity (Wildman–Crippen MR) is 186 cm³/mol. The third kappa shape index (κ3) is 6.42. The molecule has 2 N–H and O–H groups in total. The second-order valence-corrected chi connectivity index (χ2v) is 15.0. The molecule has 0 unspecified atom stereocenters. The van der Waals surface area contributed by atoms with Crippen LogP contribution in [0.2, 0.25) is 5.02 Å². The van der Waals surface area contributed by atoms with Crippen LogP contribution >= 0.6 is 11.6 Å². The van der Waals surface area contributed by atoms with Gasteiger partial charge in [-0.3, -0.25) is 19.3 Å². The Morgan fingerprint density at radius 3 is 2.50 bits per heavy atom. The van der Waals surface area contributed by atoms with E-state index in [4.69, 9.17) is 16.3 Å². The normalized spacial score (nSPS) is 33.2. The van der Waals surface area contributed by atoms with Gasteiger partial charge in [-0.15, -0.1) is 0 Å². The molecule has 9 nitrogen and oxygen atoms in total. The number of amides is 3. The van der Waals surface area contributed by atoms with Crippen LogP contribution in [-0.2, 0) is 25.7 Å². The van der Waals surface area contributed by atoms with Crippen molar-refractivity contribution in [3.63, 3.8) is 0 Å². The minimum atomic E-state index is -1.17. The summed E-state index contributed by atoms with van der Waals surface area (Å²) in [6, 6.07) is 16.8. The smallest absolute Gasteiger partial charge is 0.246 e. The van der Waals surface area contributed by atoms with Gasteiger partial charge in [0.15, 0.2) is 0 Å². The lowest BCUT2D eigenvalue weighted by molar-refractivity contribution is -0.141. The van der Waals surface area contributed by atoms with Gasteiger partial charge in [0.05, 0.1) is 17.9 Å². The zero-order valence-electron chi connectivity index (χ0n) is 28.0. The first-order valence-electron chi connectivity index (χ1n) is 17.8. The number of fused-ring (bicyclic) bond motifs is 1. The fourth-order valence-corrected chi connectivity index (χ4v) is 9.01. The van der Waals surface area contributed by atoms with Gasteiger partial charge >= 0.3 is 0 Å². The minimum absolute atomic E-state index is 0.0466. The zero-order valence-corrected chi connectivity index (χ0v) is 28.8. The lowest BCUT2D eigenvalue weighted by atomic mass is 9.73. The maximum atomic E-state index is 14.4. The summed E-state index contributed by atoms with van der Waals surface area (Å²) in [4.78, 5) is 49.2. The average molecular weight is 674 g/mol. The highest BCUT2D eigenvalue weighted by Gasteiger charge is 2.72. The van der Waals surface area contributed by atoms with Crippen LogP contribution in [0.15, 0.2) is 66.7 Å². The van der Waals surface area contributed by atoms with E-state index in [2.05, 4.69) is 58.5 Å². The van der Waals surface area contributed by atoms with Crippen molar-refractivity contribution in [2.75, 3.05) is 44.6 Å². The van der Waals surface area contributed by atoms with Crippen molar-refractivity contribution in [3.05, 3.63) is 77.3 Å². The number of piperazine rings is 1. The van der Waals surface area contributed by atoms with Gasteiger partial charge in [-0.25, -0.2) is 0 Å². The summed E-state index contributed by atoms with van der Waals surface area (Å²) in [5, 5.41) is 6.83. The number of hydrogen-bond acceptors (Lipinski definition) is 6. The van der Waals surface area contributed by atoms with E-state index in [-0.39, 0.29) is 23.8 Å². The van der Waals surface area contributed by atoms with Crippen LogP contribution in [-0.4, -0.2) is 95.5 Å². The molecule has 48 heavy (non-hydrogen) atoms. The van der Waals surface area contributed by atoms with Gasteiger partial charge in [0.2, 0.25) is 17.7 Å². The van der Waals surface area contributed by atoms with E-state index >= 15 is 0 Å². The van der Waals surface area contributed by atoms with Crippen molar-refractivity contribution in [1.29, 1.82) is 0 Å². The Balaban J connectivity index is 1.06. The van der Waals surface area contributed by atoms with Crippen LogP contribution in [0, 0.1) is 23.7 Å². The molecule has 3 saturated heterocycles. The number of hydrogen-bond donors (Lipinski definition) is 2. The van der Waals surface area contributed by atoms with Gasteiger partial charge in [-0.2, -0.15) is 0 Å². The van der Waals surface area contributed by atoms with E-state index in [0.717, 1.165) is 65.0 Å². The molecule has 2 aromatic carbocycles. The molecular formula is C38H48ClN5O4. The summed E-state index contributed by atoms with van der Waals surface area (Å²) in [6.07, 6.45) is 7.08. The summed E-state index contributed by atoms with van der Waals surface area (Å²) in [5.74, 6) is -1.30. The van der Waals surface area contributed by atoms with E-state index in [1.807, 2.05) is 18.2 Å². The van der Waals surface area contributed by atoms with Crippen LogP contribution < -0.4 is 10.6 Å². The highest BCUT2D eigenvalue weighted by atomic mass is 35.5. The number of carbonyl (C=O) groups is 3. The summed E-state index contributed by atoms with van der Waals surface area (Å²) in [7, 11) is 0. The van der Waals surface area contributed by atoms with Gasteiger partial charge in [0.25, 0.3) is 0 Å². The Bertz CT molecular complexity index is 1530. The maximum absolute atomic E-state index is 14.4. The highest BCUT2D eigenvalue weighted by Crippen LogP contribution is 2.55. The van der Waals surface area contributed by atoms with E-state index in [1.165, 1.54) is 5.56 Å². The van der Waals surface area contributed by atoms with E-state index in [9.17, 15) is 14.4 Å². The molecule has 3 amide bonds. The summed E-state index contributed by atoms with van der Waals surface area (Å²) in [6.45, 7) is 10.6. The third-order valence-corrected chi connectivity index (χ3v) is 11.9. The summed E-state index contributed by atoms with van der Waals surface area (Å²) < 4.78 is 6.57. The van der Waals surface area contributed by atoms with Crippen LogP contribution in [0.1, 0.15) is 45.1 Å². The van der Waals surface area contributed by atoms with Crippen LogP contribution in [0.3, 0.4) is 0 Å². The monoisotopic (exact) mass is 673 g/mol. The fourth-order valence-electron chi connectivity index (χ4n) is 8.82. The van der Waals surface area contributed by atoms with Crippen LogP contribution in [0.5, 0.6) is 0 Å². The molecule has 8 atom stereocenters. The van der Waals surface area contributed by atoms with E-state index < -0.39 is 29.6 Å². The molecule has 0 aromatic heterocycles. The van der Waals surface area contributed by atoms with Gasteiger partial charge in [-0.05, 0) is 55.0 Å². The first-order chi connectivity index (χ1) is 23.2. The molecule has 1 aliphatic carbocycles. The molecule has 1 spiro atoms. The number of anilines is 1. The zero-order chi connectivity index (χ0) is 33.4. The number of carbonyl (C=O) groups excluding carboxylic acids is 3. The number of ether oxygens (including phenoxy) is 1. The molecule has 2 aromatic rings. The van der Waals surface area contributed by atoms with Crippen molar-refractivity contribution in [2.45, 2.75) is 69.9 Å². The van der Waals surface area contributed by atoms with Crippen molar-refractivity contribution in [2.24, 2.45) is 23.7 Å². The second kappa shape index (κ2) is 13.9. The van der Waals surface area contributed by atoms with Crippen molar-refractivity contribution >= 4 is 35.0 Å². The summed E-state index contributed by atoms with van der Waals surface area (Å²) in [5.41, 5.74) is 0.721. The number of nitrogens with one attached hydrogen (secondary N) is 2. The number of nitrogens with zero attached hydrogens (tertiary/aromatic N) is 3. The molecule has 0 radical (unpaired) electrons. The predicted octanol–water partition coefficient (Wildman–Crippen LogP) is 4.58. The third-order valence-electron chi connectivity index (χ3n) is 11.6. The standard InChI is InChI=1S/C38H48ClN5O4/c1-25-9-6-14-30(26(25)2)41-36(46)34-38-16-15-31(48-38)32(35(45)40-29-13-7-12-28(39)23-29)33(38)37(47)44(34)18-8-17-42-19-21-43(22-20-42)24-27-10-4-3-5-11-27/h3-5,7,10-13,15-16,23,25-26,30-34H,6,8-9,14,17-22,24H2,1-2H3,(H,40,45)(H,41,46)/t25-,26-,30+,31-,32-,33-,34+,38+/m1/s1. The van der Waals surface area contributed by atoms with E-state index in [1.54, 1.807) is 29.2 Å². The SMILES string of the molecule is C[C@@H]1[C@H](C)CCC[C@@H]1NC(=O)[C@@H]1N(CCCN2CCN(Cc3ccccc3)CC2)C(=O)[C@H]2[C@H](C(=O)Nc3cccc(Cl)c3)[C@H]3C=C[C@@]12O3. The Morgan fingerprint density at radius 2 is 1.73 bits per heavy atom. The maximum Gasteiger partial charge on any atom is 0.246 e. The lowest BCUT2D eigenvalue weighted by Crippen LogP contribution is -2.58. The Kier molecular flexibility index (Phi) is 9.66. The van der Waals surface area contributed by atoms with E-state index in [0.29, 0.717) is 29.1 Å². The summed E-state index contributed by atoms with van der Waals surface area (Å²) >= 11 is 6.18. The topological polar surface area (TPSA) is 94.2 Å².